The molecule has 5 nitrogen and oxygen atoms in total. The predicted molar refractivity (Wildman–Crippen MR) is 84.8 cm³/mol. The molecule has 2 heterocycles. The predicted octanol–water partition coefficient (Wildman–Crippen LogP) is 2.97. The summed E-state index contributed by atoms with van der Waals surface area (Å²) in [5.74, 6) is -1.03. The number of hydrogen-bond donors (Lipinski definition) is 1. The maximum absolute atomic E-state index is 12.3. The van der Waals surface area contributed by atoms with Crippen molar-refractivity contribution in [2.24, 2.45) is 0 Å². The van der Waals surface area contributed by atoms with Gasteiger partial charge in [0.25, 0.3) is 5.56 Å². The summed E-state index contributed by atoms with van der Waals surface area (Å²) in [6, 6.07) is 12.9. The Morgan fingerprint density at radius 1 is 1.18 bits per heavy atom. The summed E-state index contributed by atoms with van der Waals surface area (Å²) in [5, 5.41) is 9.43. The van der Waals surface area contributed by atoms with Gasteiger partial charge in [0.1, 0.15) is 4.88 Å². The molecule has 0 spiro atoms. The van der Waals surface area contributed by atoms with Crippen molar-refractivity contribution >= 4 is 17.3 Å². The van der Waals surface area contributed by atoms with Crippen LogP contribution in [0.25, 0.3) is 16.3 Å². The zero-order valence-corrected chi connectivity index (χ0v) is 12.5. The fraction of sp³-hybridized carbons (Fsp3) is 0.0625. The van der Waals surface area contributed by atoms with Crippen molar-refractivity contribution in [3.63, 3.8) is 0 Å². The normalized spacial score (nSPS) is 10.6. The molecule has 0 radical (unpaired) electrons. The molecule has 1 N–H and O–H groups in total. The first-order chi connectivity index (χ1) is 10.6. The first-order valence-corrected chi connectivity index (χ1v) is 7.37. The summed E-state index contributed by atoms with van der Waals surface area (Å²) < 4.78 is 1.36. The van der Waals surface area contributed by atoms with Crippen molar-refractivity contribution in [1.29, 1.82) is 0 Å². The summed E-state index contributed by atoms with van der Waals surface area (Å²) in [7, 11) is 0. The molecule has 0 bridgehead atoms. The maximum Gasteiger partial charge on any atom is 0.347 e. The number of hydrogen-bond acceptors (Lipinski definition) is 4. The fourth-order valence-corrected chi connectivity index (χ4v) is 3.03. The van der Waals surface area contributed by atoms with E-state index in [0.29, 0.717) is 10.8 Å². The molecule has 110 valence electrons. The van der Waals surface area contributed by atoms with Crippen molar-refractivity contribution in [2.45, 2.75) is 6.92 Å². The third-order valence-electron chi connectivity index (χ3n) is 3.21. The Balaban J connectivity index is 2.05. The Labute approximate surface area is 130 Å². The molecule has 0 aliphatic heterocycles. The van der Waals surface area contributed by atoms with E-state index in [2.05, 4.69) is 4.98 Å². The molecule has 0 saturated carbocycles. The number of carbonyl (C=O) groups is 1. The number of aromatic nitrogens is 2. The number of benzene rings is 1. The second-order valence-corrected chi connectivity index (χ2v) is 5.68. The van der Waals surface area contributed by atoms with E-state index in [1.165, 1.54) is 10.6 Å². The highest BCUT2D eigenvalue weighted by Gasteiger charge is 2.15. The van der Waals surface area contributed by atoms with Crippen LogP contribution in [-0.2, 0) is 0 Å². The standard InChI is InChI=1S/C16H12N2O3S/c1-10-14(15(20)21)22-16(17-10)18-8-7-12(9-13(18)19)11-5-3-2-4-6-11/h2-9H,1H3,(H,20,21). The summed E-state index contributed by atoms with van der Waals surface area (Å²) in [5.41, 5.74) is 1.93. The molecule has 3 rings (SSSR count). The number of pyridine rings is 1. The van der Waals surface area contributed by atoms with Crippen LogP contribution in [0.5, 0.6) is 0 Å². The van der Waals surface area contributed by atoms with Gasteiger partial charge in [-0.2, -0.15) is 0 Å². The van der Waals surface area contributed by atoms with Crippen LogP contribution >= 0.6 is 11.3 Å². The van der Waals surface area contributed by atoms with E-state index >= 15 is 0 Å². The summed E-state index contributed by atoms with van der Waals surface area (Å²) >= 11 is 0.989. The quantitative estimate of drug-likeness (QED) is 0.807. The lowest BCUT2D eigenvalue weighted by atomic mass is 10.1. The van der Waals surface area contributed by atoms with E-state index in [0.717, 1.165) is 22.5 Å². The number of nitrogens with zero attached hydrogens (tertiary/aromatic N) is 2. The van der Waals surface area contributed by atoms with Gasteiger partial charge in [-0.15, -0.1) is 0 Å². The number of aromatic carboxylic acids is 1. The molecule has 0 atom stereocenters. The Hall–Kier alpha value is -2.73. The molecule has 2 aromatic heterocycles. The molecule has 0 aliphatic rings. The number of carboxylic acids is 1. The Morgan fingerprint density at radius 3 is 2.50 bits per heavy atom. The van der Waals surface area contributed by atoms with Gasteiger partial charge in [0.15, 0.2) is 5.13 Å². The molecule has 1 aromatic carbocycles. The van der Waals surface area contributed by atoms with Gasteiger partial charge >= 0.3 is 5.97 Å². The number of carboxylic acid groups (broad SMARTS) is 1. The first-order valence-electron chi connectivity index (χ1n) is 6.55. The molecule has 3 aromatic rings. The maximum atomic E-state index is 12.3. The second-order valence-electron chi connectivity index (χ2n) is 4.71. The monoisotopic (exact) mass is 312 g/mol. The average molecular weight is 312 g/mol. The SMILES string of the molecule is Cc1nc(-n2ccc(-c3ccccc3)cc2=O)sc1C(=O)O. The van der Waals surface area contributed by atoms with Crippen LogP contribution in [0, 0.1) is 6.92 Å². The molecule has 0 fully saturated rings. The van der Waals surface area contributed by atoms with Crippen LogP contribution < -0.4 is 5.56 Å². The van der Waals surface area contributed by atoms with Gasteiger partial charge in [-0.05, 0) is 24.1 Å². The Kier molecular flexibility index (Phi) is 3.60. The van der Waals surface area contributed by atoms with E-state index in [4.69, 9.17) is 5.11 Å². The zero-order valence-electron chi connectivity index (χ0n) is 11.7. The van der Waals surface area contributed by atoms with Gasteiger partial charge in [-0.25, -0.2) is 9.78 Å². The van der Waals surface area contributed by atoms with Crippen LogP contribution in [0.15, 0.2) is 53.5 Å². The average Bonchev–Trinajstić information content (AvgIpc) is 2.90. The summed E-state index contributed by atoms with van der Waals surface area (Å²) in [4.78, 5) is 27.7. The smallest absolute Gasteiger partial charge is 0.347 e. The minimum Gasteiger partial charge on any atom is -0.477 e. The topological polar surface area (TPSA) is 72.2 Å². The van der Waals surface area contributed by atoms with Gasteiger partial charge in [-0.3, -0.25) is 9.36 Å². The molecule has 0 amide bonds. The molecule has 6 heteroatoms. The number of rotatable bonds is 3. The van der Waals surface area contributed by atoms with Gasteiger partial charge in [0.2, 0.25) is 0 Å². The molecular weight excluding hydrogens is 300 g/mol. The van der Waals surface area contributed by atoms with E-state index < -0.39 is 5.97 Å². The van der Waals surface area contributed by atoms with Crippen LogP contribution in [0.2, 0.25) is 0 Å². The fourth-order valence-electron chi connectivity index (χ4n) is 2.13. The highest BCUT2D eigenvalue weighted by Crippen LogP contribution is 2.22. The van der Waals surface area contributed by atoms with E-state index in [1.54, 1.807) is 13.1 Å². The number of thiazole rings is 1. The van der Waals surface area contributed by atoms with Gasteiger partial charge in [-0.1, -0.05) is 41.7 Å². The van der Waals surface area contributed by atoms with Crippen molar-refractivity contribution in [3.8, 4) is 16.3 Å². The lowest BCUT2D eigenvalue weighted by molar-refractivity contribution is 0.0701. The van der Waals surface area contributed by atoms with Crippen molar-refractivity contribution in [3.05, 3.63) is 69.6 Å². The Bertz CT molecular complexity index is 897. The lowest BCUT2D eigenvalue weighted by Crippen LogP contribution is -2.16. The van der Waals surface area contributed by atoms with Gasteiger partial charge in [0.05, 0.1) is 5.69 Å². The molecular formula is C16H12N2O3S. The third kappa shape index (κ3) is 2.56. The summed E-state index contributed by atoms with van der Waals surface area (Å²) in [6.45, 7) is 1.62. The Morgan fingerprint density at radius 2 is 1.91 bits per heavy atom. The van der Waals surface area contributed by atoms with E-state index in [-0.39, 0.29) is 10.4 Å². The van der Waals surface area contributed by atoms with Crippen molar-refractivity contribution < 1.29 is 9.90 Å². The first kappa shape index (κ1) is 14.2. The van der Waals surface area contributed by atoms with Gasteiger partial charge in [0, 0.05) is 12.3 Å². The minimum atomic E-state index is -1.03. The second kappa shape index (κ2) is 5.57. The molecule has 0 saturated heterocycles. The van der Waals surface area contributed by atoms with Crippen LogP contribution in [-0.4, -0.2) is 20.6 Å². The zero-order chi connectivity index (χ0) is 15.7. The van der Waals surface area contributed by atoms with Crippen LogP contribution in [0.1, 0.15) is 15.4 Å². The highest BCUT2D eigenvalue weighted by atomic mass is 32.1. The molecule has 22 heavy (non-hydrogen) atoms. The molecule has 0 unspecified atom stereocenters. The van der Waals surface area contributed by atoms with E-state index in [9.17, 15) is 9.59 Å². The molecule has 0 aliphatic carbocycles. The van der Waals surface area contributed by atoms with Crippen LogP contribution in [0.4, 0.5) is 0 Å². The van der Waals surface area contributed by atoms with E-state index in [1.807, 2.05) is 36.4 Å². The third-order valence-corrected chi connectivity index (χ3v) is 4.36. The van der Waals surface area contributed by atoms with Crippen molar-refractivity contribution in [1.82, 2.24) is 9.55 Å². The largest absolute Gasteiger partial charge is 0.477 e. The lowest BCUT2D eigenvalue weighted by Gasteiger charge is -2.04. The number of aryl methyl sites for hydroxylation is 1. The summed E-state index contributed by atoms with van der Waals surface area (Å²) in [6.07, 6.45) is 1.62. The minimum absolute atomic E-state index is 0.147. The van der Waals surface area contributed by atoms with Gasteiger partial charge < -0.3 is 5.11 Å². The van der Waals surface area contributed by atoms with Crippen molar-refractivity contribution in [2.75, 3.05) is 0 Å². The van der Waals surface area contributed by atoms with Crippen LogP contribution in [0.3, 0.4) is 0 Å². The highest BCUT2D eigenvalue weighted by molar-refractivity contribution is 7.16.